The second-order valence-electron chi connectivity index (χ2n) is 3.84. The molecule has 0 radical (unpaired) electrons. The van der Waals surface area contributed by atoms with Gasteiger partial charge in [0.05, 0.1) is 22.2 Å². The fourth-order valence-electron chi connectivity index (χ4n) is 1.53. The van der Waals surface area contributed by atoms with Crippen LogP contribution in [0.1, 0.15) is 0 Å². The zero-order valence-electron chi connectivity index (χ0n) is 10.5. The summed E-state index contributed by atoms with van der Waals surface area (Å²) in [4.78, 5) is 3.99. The molecule has 0 aliphatic heterocycles. The molecule has 0 atom stereocenters. The van der Waals surface area contributed by atoms with E-state index in [-0.39, 0.29) is 16.4 Å². The summed E-state index contributed by atoms with van der Waals surface area (Å²) in [7, 11) is -2.30. The maximum atomic E-state index is 12.2. The van der Waals surface area contributed by atoms with Gasteiger partial charge in [-0.3, -0.25) is 4.72 Å². The smallest absolute Gasteiger partial charge is 0.263 e. The molecule has 0 aliphatic rings. The number of sulfonamides is 1. The predicted molar refractivity (Wildman–Crippen MR) is 80.2 cm³/mol. The van der Waals surface area contributed by atoms with Crippen molar-refractivity contribution in [3.63, 3.8) is 0 Å². The van der Waals surface area contributed by atoms with Crippen LogP contribution in [0.4, 0.5) is 11.5 Å². The number of ether oxygens (including phenoxy) is 1. The summed E-state index contributed by atoms with van der Waals surface area (Å²) in [5, 5.41) is 0. The Hall–Kier alpha value is -1.80. The van der Waals surface area contributed by atoms with Crippen molar-refractivity contribution in [2.75, 3.05) is 17.6 Å². The van der Waals surface area contributed by atoms with E-state index in [9.17, 15) is 8.42 Å². The third-order valence-electron chi connectivity index (χ3n) is 2.50. The highest BCUT2D eigenvalue weighted by Crippen LogP contribution is 2.26. The van der Waals surface area contributed by atoms with Crippen LogP contribution < -0.4 is 15.2 Å². The molecule has 1 aromatic carbocycles. The van der Waals surface area contributed by atoms with E-state index in [2.05, 4.69) is 25.6 Å². The molecule has 0 aliphatic carbocycles. The molecule has 3 N–H and O–H groups in total. The zero-order chi connectivity index (χ0) is 14.8. The molecular formula is C12H12BrN3O3S. The van der Waals surface area contributed by atoms with Crippen molar-refractivity contribution in [1.29, 1.82) is 0 Å². The van der Waals surface area contributed by atoms with Crippen LogP contribution in [-0.2, 0) is 10.0 Å². The Bertz CT molecular complexity index is 734. The lowest BCUT2D eigenvalue weighted by Gasteiger charge is -2.10. The van der Waals surface area contributed by atoms with Gasteiger partial charge in [0.15, 0.2) is 5.82 Å². The van der Waals surface area contributed by atoms with Gasteiger partial charge in [0.25, 0.3) is 10.0 Å². The Morgan fingerprint density at radius 1 is 1.35 bits per heavy atom. The number of benzene rings is 1. The minimum absolute atomic E-state index is 0.0355. The molecule has 0 amide bonds. The summed E-state index contributed by atoms with van der Waals surface area (Å²) in [5.41, 5.74) is 5.96. The Morgan fingerprint density at radius 3 is 2.70 bits per heavy atom. The molecule has 0 spiro atoms. The summed E-state index contributed by atoms with van der Waals surface area (Å²) < 4.78 is 32.4. The summed E-state index contributed by atoms with van der Waals surface area (Å²) in [6.45, 7) is 0. The van der Waals surface area contributed by atoms with Crippen molar-refractivity contribution >= 4 is 37.5 Å². The monoisotopic (exact) mass is 357 g/mol. The van der Waals surface area contributed by atoms with E-state index in [1.807, 2.05) is 0 Å². The molecule has 106 valence electrons. The third kappa shape index (κ3) is 3.02. The average Bonchev–Trinajstić information content (AvgIpc) is 2.41. The van der Waals surface area contributed by atoms with Gasteiger partial charge in [0, 0.05) is 6.20 Å². The van der Waals surface area contributed by atoms with E-state index in [1.165, 1.54) is 31.5 Å². The molecule has 1 aromatic heterocycles. The molecule has 0 bridgehead atoms. The Labute approximate surface area is 125 Å². The number of nitrogens with zero attached hydrogens (tertiary/aromatic N) is 1. The molecule has 2 aromatic rings. The standard InChI is InChI=1S/C12H12BrN3O3S/c1-19-11-5-4-8(7-10(11)14)20(17,18)16-12-9(13)3-2-6-15-12/h2-7H,14H2,1H3,(H,15,16). The van der Waals surface area contributed by atoms with Crippen LogP contribution in [-0.4, -0.2) is 20.5 Å². The zero-order valence-corrected chi connectivity index (χ0v) is 12.9. The topological polar surface area (TPSA) is 94.3 Å². The minimum Gasteiger partial charge on any atom is -0.495 e. The van der Waals surface area contributed by atoms with Crippen molar-refractivity contribution in [2.45, 2.75) is 4.90 Å². The van der Waals surface area contributed by atoms with Crippen LogP contribution in [0.15, 0.2) is 45.9 Å². The SMILES string of the molecule is COc1ccc(S(=O)(=O)Nc2ncccc2Br)cc1N. The largest absolute Gasteiger partial charge is 0.495 e. The Balaban J connectivity index is 2.36. The van der Waals surface area contributed by atoms with E-state index < -0.39 is 10.0 Å². The van der Waals surface area contributed by atoms with Crippen molar-refractivity contribution in [1.82, 2.24) is 4.98 Å². The number of aromatic nitrogens is 1. The highest BCUT2D eigenvalue weighted by atomic mass is 79.9. The van der Waals surface area contributed by atoms with Gasteiger partial charge in [-0.25, -0.2) is 13.4 Å². The first-order valence-electron chi connectivity index (χ1n) is 5.51. The van der Waals surface area contributed by atoms with Gasteiger partial charge in [-0.2, -0.15) is 0 Å². The van der Waals surface area contributed by atoms with Gasteiger partial charge >= 0.3 is 0 Å². The van der Waals surface area contributed by atoms with Crippen molar-refractivity contribution in [3.05, 3.63) is 41.0 Å². The lowest BCUT2D eigenvalue weighted by molar-refractivity contribution is 0.416. The van der Waals surface area contributed by atoms with Gasteiger partial charge in [-0.05, 0) is 46.3 Å². The number of hydrogen-bond donors (Lipinski definition) is 2. The molecule has 6 nitrogen and oxygen atoms in total. The maximum absolute atomic E-state index is 12.2. The van der Waals surface area contributed by atoms with Crippen LogP contribution in [0.3, 0.4) is 0 Å². The second kappa shape index (κ2) is 5.68. The highest BCUT2D eigenvalue weighted by molar-refractivity contribution is 9.10. The molecule has 0 saturated heterocycles. The van der Waals surface area contributed by atoms with Crippen molar-refractivity contribution in [3.8, 4) is 5.75 Å². The third-order valence-corrected chi connectivity index (χ3v) is 4.48. The molecule has 2 rings (SSSR count). The normalized spacial score (nSPS) is 11.1. The first-order chi connectivity index (χ1) is 9.44. The predicted octanol–water partition coefficient (Wildman–Crippen LogP) is 2.24. The first kappa shape index (κ1) is 14.6. The van der Waals surface area contributed by atoms with Crippen molar-refractivity contribution < 1.29 is 13.2 Å². The van der Waals surface area contributed by atoms with Crippen molar-refractivity contribution in [2.24, 2.45) is 0 Å². The lowest BCUT2D eigenvalue weighted by atomic mass is 10.3. The average molecular weight is 358 g/mol. The number of nitrogens with one attached hydrogen (secondary N) is 1. The number of anilines is 2. The molecule has 0 unspecified atom stereocenters. The molecule has 0 fully saturated rings. The van der Waals surface area contributed by atoms with Crippen LogP contribution in [0.25, 0.3) is 0 Å². The van der Waals surface area contributed by atoms with Gasteiger partial charge in [-0.1, -0.05) is 0 Å². The molecule has 1 heterocycles. The number of rotatable bonds is 4. The van der Waals surface area contributed by atoms with E-state index in [0.717, 1.165) is 0 Å². The minimum atomic E-state index is -3.76. The second-order valence-corrected chi connectivity index (χ2v) is 6.38. The van der Waals surface area contributed by atoms with E-state index in [4.69, 9.17) is 10.5 Å². The number of nitrogen functional groups attached to an aromatic ring is 1. The van der Waals surface area contributed by atoms with Gasteiger partial charge in [0.2, 0.25) is 0 Å². The summed E-state index contributed by atoms with van der Waals surface area (Å²) in [6, 6.07) is 7.62. The van der Waals surface area contributed by atoms with Gasteiger partial charge in [-0.15, -0.1) is 0 Å². The number of halogens is 1. The number of methoxy groups -OCH3 is 1. The molecular weight excluding hydrogens is 346 g/mol. The van der Waals surface area contributed by atoms with Gasteiger partial charge < -0.3 is 10.5 Å². The molecule has 0 saturated carbocycles. The fourth-order valence-corrected chi connectivity index (χ4v) is 3.08. The van der Waals surface area contributed by atoms with E-state index in [1.54, 1.807) is 12.1 Å². The summed E-state index contributed by atoms with van der Waals surface area (Å²) in [5.74, 6) is 0.629. The van der Waals surface area contributed by atoms with Crippen LogP contribution in [0.5, 0.6) is 5.75 Å². The Morgan fingerprint density at radius 2 is 2.10 bits per heavy atom. The maximum Gasteiger partial charge on any atom is 0.263 e. The quantitative estimate of drug-likeness (QED) is 0.818. The lowest BCUT2D eigenvalue weighted by Crippen LogP contribution is -2.14. The Kier molecular flexibility index (Phi) is 4.15. The first-order valence-corrected chi connectivity index (χ1v) is 7.78. The fraction of sp³-hybridized carbons (Fsp3) is 0.0833. The number of nitrogens with two attached hydrogens (primary N) is 1. The molecule has 20 heavy (non-hydrogen) atoms. The number of hydrogen-bond acceptors (Lipinski definition) is 5. The summed E-state index contributed by atoms with van der Waals surface area (Å²) >= 11 is 3.22. The van der Waals surface area contributed by atoms with E-state index >= 15 is 0 Å². The van der Waals surface area contributed by atoms with Gasteiger partial charge in [0.1, 0.15) is 5.75 Å². The van der Waals surface area contributed by atoms with Crippen LogP contribution in [0, 0.1) is 0 Å². The summed E-state index contributed by atoms with van der Waals surface area (Å²) in [6.07, 6.45) is 1.49. The molecule has 8 heteroatoms. The highest BCUT2D eigenvalue weighted by Gasteiger charge is 2.17. The number of pyridine rings is 1. The van der Waals surface area contributed by atoms with Crippen LogP contribution in [0.2, 0.25) is 0 Å². The van der Waals surface area contributed by atoms with Crippen LogP contribution >= 0.6 is 15.9 Å². The van der Waals surface area contributed by atoms with E-state index in [0.29, 0.717) is 10.2 Å².